The van der Waals surface area contributed by atoms with Crippen molar-refractivity contribution in [1.29, 1.82) is 0 Å². The van der Waals surface area contributed by atoms with E-state index in [0.29, 0.717) is 25.7 Å². The molecule has 4 heteroatoms. The molecule has 3 aliphatic heterocycles. The molecule has 0 N–H and O–H groups in total. The zero-order valence-electron chi connectivity index (χ0n) is 7.41. The van der Waals surface area contributed by atoms with Crippen LogP contribution in [-0.2, 0) is 18.9 Å². The molecule has 0 saturated carbocycles. The van der Waals surface area contributed by atoms with Crippen molar-refractivity contribution in [2.45, 2.75) is 19.0 Å². The van der Waals surface area contributed by atoms with E-state index < -0.39 is 5.97 Å². The molecule has 0 aromatic heterocycles. The van der Waals surface area contributed by atoms with Gasteiger partial charge in [0.05, 0.1) is 19.8 Å². The smallest absolute Gasteiger partial charge is 0.310 e. The second-order valence-electron chi connectivity index (χ2n) is 3.28. The molecule has 0 aromatic carbocycles. The second kappa shape index (κ2) is 2.96. The van der Waals surface area contributed by atoms with Gasteiger partial charge in [0.1, 0.15) is 6.10 Å². The van der Waals surface area contributed by atoms with Gasteiger partial charge in [-0.25, -0.2) is 0 Å². The summed E-state index contributed by atoms with van der Waals surface area (Å²) >= 11 is 0. The van der Waals surface area contributed by atoms with Gasteiger partial charge >= 0.3 is 5.97 Å². The molecule has 2 bridgehead atoms. The Balaban J connectivity index is 2.08. The summed E-state index contributed by atoms with van der Waals surface area (Å²) in [7, 11) is 1.62. The van der Waals surface area contributed by atoms with Crippen LogP contribution >= 0.6 is 0 Å². The van der Waals surface area contributed by atoms with Crippen molar-refractivity contribution >= 4 is 0 Å². The van der Waals surface area contributed by atoms with E-state index in [1.54, 1.807) is 7.11 Å². The van der Waals surface area contributed by atoms with E-state index in [2.05, 4.69) is 0 Å². The molecule has 0 spiro atoms. The summed E-state index contributed by atoms with van der Waals surface area (Å²) in [6, 6.07) is 0. The van der Waals surface area contributed by atoms with E-state index in [4.69, 9.17) is 18.9 Å². The molecule has 0 amide bonds. The van der Waals surface area contributed by atoms with Crippen LogP contribution in [0.3, 0.4) is 0 Å². The van der Waals surface area contributed by atoms with E-state index in [-0.39, 0.29) is 6.10 Å². The third-order valence-electron chi connectivity index (χ3n) is 2.41. The van der Waals surface area contributed by atoms with E-state index in [1.807, 2.05) is 6.92 Å². The molecule has 12 heavy (non-hydrogen) atoms. The van der Waals surface area contributed by atoms with Crippen LogP contribution in [0.1, 0.15) is 6.92 Å². The monoisotopic (exact) mass is 174 g/mol. The predicted molar refractivity (Wildman–Crippen MR) is 40.5 cm³/mol. The largest absolute Gasteiger partial charge is 0.373 e. The van der Waals surface area contributed by atoms with Crippen LogP contribution in [0.15, 0.2) is 0 Å². The lowest BCUT2D eigenvalue weighted by molar-refractivity contribution is -0.472. The molecule has 0 radical (unpaired) electrons. The highest BCUT2D eigenvalue weighted by Gasteiger charge is 2.49. The molecule has 70 valence electrons. The van der Waals surface area contributed by atoms with Gasteiger partial charge in [-0.2, -0.15) is 0 Å². The van der Waals surface area contributed by atoms with Crippen LogP contribution in [0.5, 0.6) is 0 Å². The highest BCUT2D eigenvalue weighted by Crippen LogP contribution is 2.33. The molecule has 1 atom stereocenters. The SMILES string of the molecule is COC(C)C12OCC(CO1)CO2. The van der Waals surface area contributed by atoms with E-state index in [1.165, 1.54) is 0 Å². The molecule has 3 heterocycles. The first kappa shape index (κ1) is 8.44. The number of rotatable bonds is 2. The maximum absolute atomic E-state index is 5.45. The molecular weight excluding hydrogens is 160 g/mol. The summed E-state index contributed by atoms with van der Waals surface area (Å²) in [6.07, 6.45) is -0.182. The Morgan fingerprint density at radius 3 is 2.17 bits per heavy atom. The van der Waals surface area contributed by atoms with E-state index >= 15 is 0 Å². The molecule has 3 aliphatic rings. The Morgan fingerprint density at radius 2 is 1.75 bits per heavy atom. The fraction of sp³-hybridized carbons (Fsp3) is 1.00. The average molecular weight is 174 g/mol. The van der Waals surface area contributed by atoms with Crippen molar-refractivity contribution in [2.75, 3.05) is 26.9 Å². The predicted octanol–water partition coefficient (Wildman–Crippen LogP) is 0.368. The van der Waals surface area contributed by atoms with E-state index in [9.17, 15) is 0 Å². The average Bonchev–Trinajstić information content (AvgIpc) is 2.19. The number of methoxy groups -OCH3 is 1. The summed E-state index contributed by atoms with van der Waals surface area (Å²) in [6.45, 7) is 4.03. The van der Waals surface area contributed by atoms with Gasteiger partial charge in [0.2, 0.25) is 0 Å². The Morgan fingerprint density at radius 1 is 1.25 bits per heavy atom. The third-order valence-corrected chi connectivity index (χ3v) is 2.41. The number of hydrogen-bond acceptors (Lipinski definition) is 4. The highest BCUT2D eigenvalue weighted by atomic mass is 16.9. The Bertz CT molecular complexity index is 149. The molecule has 1 unspecified atom stereocenters. The van der Waals surface area contributed by atoms with Gasteiger partial charge in [-0.05, 0) is 6.92 Å². The zero-order valence-corrected chi connectivity index (χ0v) is 7.41. The minimum Gasteiger partial charge on any atom is -0.373 e. The van der Waals surface area contributed by atoms with Crippen LogP contribution in [0.25, 0.3) is 0 Å². The molecular formula is C8H14O4. The lowest BCUT2D eigenvalue weighted by atomic mass is 10.1. The lowest BCUT2D eigenvalue weighted by Gasteiger charge is -2.47. The van der Waals surface area contributed by atoms with E-state index in [0.717, 1.165) is 0 Å². The van der Waals surface area contributed by atoms with Crippen LogP contribution < -0.4 is 0 Å². The topological polar surface area (TPSA) is 36.9 Å². The van der Waals surface area contributed by atoms with Crippen LogP contribution in [-0.4, -0.2) is 39.0 Å². The van der Waals surface area contributed by atoms with Gasteiger partial charge in [0, 0.05) is 13.0 Å². The zero-order chi connectivity index (χ0) is 8.60. The lowest BCUT2D eigenvalue weighted by Crippen LogP contribution is -2.59. The Labute approximate surface area is 71.7 Å². The number of hydrogen-bond donors (Lipinski definition) is 0. The van der Waals surface area contributed by atoms with Crippen molar-refractivity contribution in [3.63, 3.8) is 0 Å². The molecule has 4 nitrogen and oxygen atoms in total. The summed E-state index contributed by atoms with van der Waals surface area (Å²) in [5.74, 6) is -0.528. The van der Waals surface area contributed by atoms with Gasteiger partial charge < -0.3 is 18.9 Å². The van der Waals surface area contributed by atoms with Crippen LogP contribution in [0.4, 0.5) is 0 Å². The highest BCUT2D eigenvalue weighted by molar-refractivity contribution is 4.78. The molecule has 0 aromatic rings. The Kier molecular flexibility index (Phi) is 2.08. The first-order chi connectivity index (χ1) is 5.77. The first-order valence-electron chi connectivity index (χ1n) is 4.21. The summed E-state index contributed by atoms with van der Waals surface area (Å²) < 4.78 is 21.5. The summed E-state index contributed by atoms with van der Waals surface area (Å²) in [4.78, 5) is 0. The molecule has 3 rings (SSSR count). The fourth-order valence-electron chi connectivity index (χ4n) is 1.47. The summed E-state index contributed by atoms with van der Waals surface area (Å²) in [5.41, 5.74) is 0. The quantitative estimate of drug-likeness (QED) is 0.606. The van der Waals surface area contributed by atoms with Gasteiger partial charge in [-0.15, -0.1) is 0 Å². The standard InChI is InChI=1S/C8H14O4/c1-6(9-2)8-10-3-7(4-11-8)5-12-8/h6-7H,3-5H2,1-2H3. The van der Waals surface area contributed by atoms with Crippen molar-refractivity contribution in [2.24, 2.45) is 5.92 Å². The van der Waals surface area contributed by atoms with Gasteiger partial charge in [-0.1, -0.05) is 0 Å². The number of ether oxygens (including phenoxy) is 4. The fourth-order valence-corrected chi connectivity index (χ4v) is 1.47. The minimum atomic E-state index is -0.927. The minimum absolute atomic E-state index is 0.182. The van der Waals surface area contributed by atoms with Crippen molar-refractivity contribution in [3.8, 4) is 0 Å². The summed E-state index contributed by atoms with van der Waals surface area (Å²) in [5, 5.41) is 0. The number of fused-ring (bicyclic) bond motifs is 3. The van der Waals surface area contributed by atoms with Gasteiger partial charge in [-0.3, -0.25) is 0 Å². The first-order valence-corrected chi connectivity index (χ1v) is 4.21. The maximum Gasteiger partial charge on any atom is 0.310 e. The van der Waals surface area contributed by atoms with Crippen LogP contribution in [0, 0.1) is 5.92 Å². The molecule has 3 saturated heterocycles. The normalized spacial score (nSPS) is 43.0. The van der Waals surface area contributed by atoms with Crippen molar-refractivity contribution in [1.82, 2.24) is 0 Å². The maximum atomic E-state index is 5.45. The molecule has 3 fully saturated rings. The van der Waals surface area contributed by atoms with Gasteiger partial charge in [0.25, 0.3) is 0 Å². The Hall–Kier alpha value is -0.160. The third kappa shape index (κ3) is 1.15. The van der Waals surface area contributed by atoms with Crippen molar-refractivity contribution in [3.05, 3.63) is 0 Å². The van der Waals surface area contributed by atoms with Crippen molar-refractivity contribution < 1.29 is 18.9 Å². The van der Waals surface area contributed by atoms with Gasteiger partial charge in [0.15, 0.2) is 0 Å². The molecule has 0 aliphatic carbocycles. The van der Waals surface area contributed by atoms with Crippen LogP contribution in [0.2, 0.25) is 0 Å². The second-order valence-corrected chi connectivity index (χ2v) is 3.28.